The summed E-state index contributed by atoms with van der Waals surface area (Å²) >= 11 is 0. The molecule has 0 aliphatic rings. The molecule has 0 saturated heterocycles. The normalized spacial score (nSPS) is 11.4. The van der Waals surface area contributed by atoms with Gasteiger partial charge < -0.3 is 10.4 Å². The van der Waals surface area contributed by atoms with Crippen LogP contribution in [0, 0.1) is 18.3 Å². The molecule has 0 spiro atoms. The Morgan fingerprint density at radius 1 is 1.62 bits per heavy atom. The van der Waals surface area contributed by atoms with Gasteiger partial charge in [-0.3, -0.25) is 9.59 Å². The SMILES string of the molecule is C#CC(=O)NCCCC(C)C(=O)O. The fourth-order valence-electron chi connectivity index (χ4n) is 0.785. The Hall–Kier alpha value is -1.50. The van der Waals surface area contributed by atoms with Crippen LogP contribution in [0.5, 0.6) is 0 Å². The first-order chi connectivity index (χ1) is 6.07. The summed E-state index contributed by atoms with van der Waals surface area (Å²) in [5.74, 6) is 0.265. The molecule has 0 aromatic carbocycles. The van der Waals surface area contributed by atoms with Crippen molar-refractivity contribution in [2.45, 2.75) is 19.8 Å². The second-order valence-electron chi connectivity index (χ2n) is 2.78. The summed E-state index contributed by atoms with van der Waals surface area (Å²) in [6, 6.07) is 0. The maximum Gasteiger partial charge on any atom is 0.306 e. The van der Waals surface area contributed by atoms with E-state index >= 15 is 0 Å². The number of nitrogens with one attached hydrogen (secondary N) is 1. The number of rotatable bonds is 5. The summed E-state index contributed by atoms with van der Waals surface area (Å²) < 4.78 is 0. The molecule has 0 bridgehead atoms. The predicted octanol–water partition coefficient (Wildman–Crippen LogP) is 0.237. The Kier molecular flexibility index (Phi) is 5.37. The highest BCUT2D eigenvalue weighted by Crippen LogP contribution is 2.03. The second kappa shape index (κ2) is 6.06. The van der Waals surface area contributed by atoms with Crippen LogP contribution in [0.15, 0.2) is 0 Å². The summed E-state index contributed by atoms with van der Waals surface area (Å²) in [5, 5.41) is 11.0. The summed E-state index contributed by atoms with van der Waals surface area (Å²) in [6.45, 7) is 2.06. The highest BCUT2D eigenvalue weighted by Gasteiger charge is 2.09. The zero-order valence-electron chi connectivity index (χ0n) is 7.54. The third-order valence-corrected chi connectivity index (χ3v) is 1.65. The van der Waals surface area contributed by atoms with Crippen molar-refractivity contribution < 1.29 is 14.7 Å². The summed E-state index contributed by atoms with van der Waals surface area (Å²) in [7, 11) is 0. The lowest BCUT2D eigenvalue weighted by molar-refractivity contribution is -0.141. The lowest BCUT2D eigenvalue weighted by Crippen LogP contribution is -2.23. The molecule has 1 atom stereocenters. The van der Waals surface area contributed by atoms with Crippen LogP contribution in [0.4, 0.5) is 0 Å². The smallest absolute Gasteiger partial charge is 0.306 e. The first kappa shape index (κ1) is 11.5. The maximum absolute atomic E-state index is 10.5. The van der Waals surface area contributed by atoms with Crippen molar-refractivity contribution >= 4 is 11.9 Å². The number of hydrogen-bond acceptors (Lipinski definition) is 2. The van der Waals surface area contributed by atoms with Crippen molar-refractivity contribution in [3.05, 3.63) is 0 Å². The van der Waals surface area contributed by atoms with Crippen LogP contribution in [-0.4, -0.2) is 23.5 Å². The highest BCUT2D eigenvalue weighted by atomic mass is 16.4. The fraction of sp³-hybridized carbons (Fsp3) is 0.556. The molecule has 72 valence electrons. The standard InChI is InChI=1S/C9H13NO3/c1-3-8(11)10-6-4-5-7(2)9(12)13/h1,7H,4-6H2,2H3,(H,10,11)(H,12,13). The van der Waals surface area contributed by atoms with Gasteiger partial charge in [0.1, 0.15) is 0 Å². The third-order valence-electron chi connectivity index (χ3n) is 1.65. The van der Waals surface area contributed by atoms with Gasteiger partial charge in [-0.2, -0.15) is 0 Å². The number of carbonyl (C=O) groups is 2. The van der Waals surface area contributed by atoms with Crippen LogP contribution in [0.1, 0.15) is 19.8 Å². The molecule has 0 aliphatic carbocycles. The van der Waals surface area contributed by atoms with Gasteiger partial charge in [0.05, 0.1) is 5.92 Å². The van der Waals surface area contributed by atoms with E-state index in [9.17, 15) is 9.59 Å². The second-order valence-corrected chi connectivity index (χ2v) is 2.78. The van der Waals surface area contributed by atoms with E-state index in [1.165, 1.54) is 0 Å². The van der Waals surface area contributed by atoms with Crippen molar-refractivity contribution in [1.29, 1.82) is 0 Å². The van der Waals surface area contributed by atoms with Crippen LogP contribution in [0.2, 0.25) is 0 Å². The summed E-state index contributed by atoms with van der Waals surface area (Å²) in [6.07, 6.45) is 5.97. The van der Waals surface area contributed by atoms with Crippen molar-refractivity contribution in [2.24, 2.45) is 5.92 Å². The van der Waals surface area contributed by atoms with Crippen LogP contribution >= 0.6 is 0 Å². The van der Waals surface area contributed by atoms with Crippen LogP contribution in [-0.2, 0) is 9.59 Å². The number of carboxylic acid groups (broad SMARTS) is 1. The highest BCUT2D eigenvalue weighted by molar-refractivity contribution is 5.92. The molecule has 13 heavy (non-hydrogen) atoms. The molecule has 0 rings (SSSR count). The maximum atomic E-state index is 10.5. The molecule has 0 saturated carbocycles. The number of amides is 1. The van der Waals surface area contributed by atoms with Gasteiger partial charge in [-0.25, -0.2) is 0 Å². The van der Waals surface area contributed by atoms with Gasteiger partial charge in [-0.05, 0) is 18.8 Å². The minimum absolute atomic E-state index is 0.372. The third kappa shape index (κ3) is 5.74. The van der Waals surface area contributed by atoms with Crippen LogP contribution in [0.3, 0.4) is 0 Å². The molecular weight excluding hydrogens is 170 g/mol. The first-order valence-corrected chi connectivity index (χ1v) is 4.05. The topological polar surface area (TPSA) is 66.4 Å². The van der Waals surface area contributed by atoms with Crippen LogP contribution < -0.4 is 5.32 Å². The van der Waals surface area contributed by atoms with Crippen molar-refractivity contribution in [1.82, 2.24) is 5.32 Å². The monoisotopic (exact) mass is 183 g/mol. The Morgan fingerprint density at radius 2 is 2.23 bits per heavy atom. The Morgan fingerprint density at radius 3 is 2.69 bits per heavy atom. The molecular formula is C9H13NO3. The van der Waals surface area contributed by atoms with Gasteiger partial charge in [0, 0.05) is 6.54 Å². The average Bonchev–Trinajstić information content (AvgIpc) is 2.11. The van der Waals surface area contributed by atoms with Gasteiger partial charge in [0.2, 0.25) is 0 Å². The van der Waals surface area contributed by atoms with E-state index in [1.54, 1.807) is 6.92 Å². The van der Waals surface area contributed by atoms with Gasteiger partial charge >= 0.3 is 5.97 Å². The molecule has 1 unspecified atom stereocenters. The van der Waals surface area contributed by atoms with E-state index in [-0.39, 0.29) is 5.92 Å². The number of carboxylic acids is 1. The molecule has 0 radical (unpaired) electrons. The van der Waals surface area contributed by atoms with E-state index in [2.05, 4.69) is 5.32 Å². The van der Waals surface area contributed by atoms with Crippen molar-refractivity contribution in [2.75, 3.05) is 6.54 Å². The fourth-order valence-corrected chi connectivity index (χ4v) is 0.785. The molecule has 2 N–H and O–H groups in total. The lowest BCUT2D eigenvalue weighted by Gasteiger charge is -2.05. The predicted molar refractivity (Wildman–Crippen MR) is 47.9 cm³/mol. The van der Waals surface area contributed by atoms with Crippen molar-refractivity contribution in [3.63, 3.8) is 0 Å². The molecule has 0 aromatic rings. The molecule has 0 heterocycles. The number of aliphatic carboxylic acids is 1. The summed E-state index contributed by atoms with van der Waals surface area (Å²) in [4.78, 5) is 20.9. The van der Waals surface area contributed by atoms with E-state index in [0.29, 0.717) is 19.4 Å². The zero-order chi connectivity index (χ0) is 10.3. The molecule has 4 nitrogen and oxygen atoms in total. The van der Waals surface area contributed by atoms with Gasteiger partial charge in [0.15, 0.2) is 0 Å². The molecule has 0 aromatic heterocycles. The van der Waals surface area contributed by atoms with Crippen LogP contribution in [0.25, 0.3) is 0 Å². The quantitative estimate of drug-likeness (QED) is 0.474. The minimum atomic E-state index is -0.816. The Labute approximate surface area is 77.3 Å². The largest absolute Gasteiger partial charge is 0.481 e. The van der Waals surface area contributed by atoms with Gasteiger partial charge in [-0.1, -0.05) is 6.92 Å². The van der Waals surface area contributed by atoms with Gasteiger partial charge in [-0.15, -0.1) is 6.42 Å². The van der Waals surface area contributed by atoms with Crippen molar-refractivity contribution in [3.8, 4) is 12.3 Å². The summed E-state index contributed by atoms with van der Waals surface area (Å²) in [5.41, 5.74) is 0. The Balaban J connectivity index is 3.42. The average molecular weight is 183 g/mol. The van der Waals surface area contributed by atoms with Gasteiger partial charge in [0.25, 0.3) is 5.91 Å². The number of terminal acetylenes is 1. The zero-order valence-corrected chi connectivity index (χ0v) is 7.54. The molecule has 4 heteroatoms. The minimum Gasteiger partial charge on any atom is -0.481 e. The molecule has 0 fully saturated rings. The number of carbonyl (C=O) groups excluding carboxylic acids is 1. The number of hydrogen-bond donors (Lipinski definition) is 2. The Bertz CT molecular complexity index is 230. The molecule has 0 aliphatic heterocycles. The van der Waals surface area contributed by atoms with E-state index < -0.39 is 11.9 Å². The van der Waals surface area contributed by atoms with E-state index in [1.807, 2.05) is 5.92 Å². The molecule has 1 amide bonds. The first-order valence-electron chi connectivity index (χ1n) is 4.05. The lowest BCUT2D eigenvalue weighted by atomic mass is 10.1. The van der Waals surface area contributed by atoms with E-state index in [0.717, 1.165) is 0 Å². The van der Waals surface area contributed by atoms with E-state index in [4.69, 9.17) is 11.5 Å².